The first-order valence-electron chi connectivity index (χ1n) is 5.85. The topological polar surface area (TPSA) is 103 Å². The van der Waals surface area contributed by atoms with Gasteiger partial charge in [0.05, 0.1) is 11.3 Å². The highest BCUT2D eigenvalue weighted by Crippen LogP contribution is 1.95. The van der Waals surface area contributed by atoms with Crippen LogP contribution in [0.2, 0.25) is 0 Å². The van der Waals surface area contributed by atoms with Crippen molar-refractivity contribution in [2.24, 2.45) is 5.92 Å². The Morgan fingerprint density at radius 2 is 2.21 bits per heavy atom. The number of aromatic nitrogens is 2. The van der Waals surface area contributed by atoms with Gasteiger partial charge >= 0.3 is 0 Å². The molecule has 0 aliphatic carbocycles. The van der Waals surface area contributed by atoms with E-state index in [-0.39, 0.29) is 12.5 Å². The third-order valence-corrected chi connectivity index (χ3v) is 2.96. The second-order valence-corrected chi connectivity index (χ2v) is 6.07. The van der Waals surface area contributed by atoms with Gasteiger partial charge in [-0.1, -0.05) is 18.5 Å². The fraction of sp³-hybridized carbons (Fsp3) is 0.545. The molecule has 0 saturated heterocycles. The van der Waals surface area contributed by atoms with E-state index in [2.05, 4.69) is 10.4 Å². The lowest BCUT2D eigenvalue weighted by Gasteiger charge is -2.06. The van der Waals surface area contributed by atoms with Crippen molar-refractivity contribution in [2.45, 2.75) is 20.4 Å². The summed E-state index contributed by atoms with van der Waals surface area (Å²) in [7, 11) is -4.26. The molecule has 0 aliphatic heterocycles. The highest BCUT2D eigenvalue weighted by atomic mass is 32.2. The standard InChI is InChI=1S/C11H17N3O4S/c1-9(2)7-12-11(15)10-3-4-14(13-8-10)5-6-19(16,17)18/h3-4,8-9H,5-7H2,1-2H3,(H-,12,15,16,17,18). The summed E-state index contributed by atoms with van der Waals surface area (Å²) in [5.74, 6) is -0.401. The lowest BCUT2D eigenvalue weighted by molar-refractivity contribution is -0.750. The van der Waals surface area contributed by atoms with Crippen LogP contribution >= 0.6 is 0 Å². The molecule has 1 heterocycles. The minimum absolute atomic E-state index is 0.0280. The first-order chi connectivity index (χ1) is 8.78. The van der Waals surface area contributed by atoms with E-state index in [1.165, 1.54) is 23.1 Å². The molecule has 0 saturated carbocycles. The third kappa shape index (κ3) is 6.25. The molecule has 0 aliphatic rings. The highest BCUT2D eigenvalue weighted by Gasteiger charge is 2.10. The van der Waals surface area contributed by atoms with Gasteiger partial charge in [0.15, 0.2) is 12.7 Å². The zero-order valence-corrected chi connectivity index (χ0v) is 11.7. The molecule has 1 rings (SSSR count). The molecule has 1 aromatic rings. The first kappa shape index (κ1) is 15.5. The SMILES string of the molecule is CC(C)CNC(=O)c1cc[n+](CCS(=O)(=O)[O-])nc1. The fourth-order valence-electron chi connectivity index (χ4n) is 1.26. The average Bonchev–Trinajstić information content (AvgIpc) is 2.33. The van der Waals surface area contributed by atoms with Crippen LogP contribution < -0.4 is 10.00 Å². The molecule has 1 N–H and O–H groups in total. The average molecular weight is 287 g/mol. The minimum Gasteiger partial charge on any atom is -0.748 e. The lowest BCUT2D eigenvalue weighted by Crippen LogP contribution is -2.41. The Morgan fingerprint density at radius 3 is 2.68 bits per heavy atom. The number of hydrogen-bond acceptors (Lipinski definition) is 5. The van der Waals surface area contributed by atoms with Gasteiger partial charge in [0.1, 0.15) is 16.3 Å². The molecular formula is C11H17N3O4S. The number of aryl methyl sites for hydroxylation is 1. The zero-order valence-electron chi connectivity index (χ0n) is 10.9. The molecule has 1 aromatic heterocycles. The molecule has 0 atom stereocenters. The Balaban J connectivity index is 2.58. The predicted octanol–water partition coefficient (Wildman–Crippen LogP) is -0.700. The number of carbonyl (C=O) groups is 1. The number of hydrogen-bond donors (Lipinski definition) is 1. The normalized spacial score (nSPS) is 11.6. The van der Waals surface area contributed by atoms with Gasteiger partial charge in [-0.3, -0.25) is 4.79 Å². The van der Waals surface area contributed by atoms with Gasteiger partial charge in [-0.05, 0) is 11.0 Å². The summed E-state index contributed by atoms with van der Waals surface area (Å²) in [6.07, 6.45) is 2.81. The van der Waals surface area contributed by atoms with E-state index in [4.69, 9.17) is 0 Å². The summed E-state index contributed by atoms with van der Waals surface area (Å²) in [5.41, 5.74) is 0.391. The van der Waals surface area contributed by atoms with Crippen molar-refractivity contribution in [3.05, 3.63) is 24.0 Å². The maximum absolute atomic E-state index is 11.7. The van der Waals surface area contributed by atoms with Crippen molar-refractivity contribution >= 4 is 16.0 Å². The van der Waals surface area contributed by atoms with E-state index in [1.807, 2.05) is 13.8 Å². The molecule has 0 fully saturated rings. The van der Waals surface area contributed by atoms with Crippen LogP contribution in [-0.4, -0.2) is 36.3 Å². The number of carbonyl (C=O) groups excluding carboxylic acids is 1. The summed E-state index contributed by atoms with van der Waals surface area (Å²) >= 11 is 0. The predicted molar refractivity (Wildman–Crippen MR) is 66.2 cm³/mol. The Labute approximate surface area is 112 Å². The molecule has 0 spiro atoms. The minimum atomic E-state index is -4.26. The molecule has 106 valence electrons. The monoisotopic (exact) mass is 287 g/mol. The largest absolute Gasteiger partial charge is 0.748 e. The van der Waals surface area contributed by atoms with E-state index in [9.17, 15) is 17.8 Å². The van der Waals surface area contributed by atoms with Crippen LogP contribution in [0.3, 0.4) is 0 Å². The Bertz CT molecular complexity index is 525. The number of rotatable bonds is 6. The van der Waals surface area contributed by atoms with Gasteiger partial charge in [0, 0.05) is 12.6 Å². The molecule has 7 nitrogen and oxygen atoms in total. The van der Waals surface area contributed by atoms with Gasteiger partial charge in [-0.25, -0.2) is 8.42 Å². The van der Waals surface area contributed by atoms with Crippen molar-refractivity contribution in [3.8, 4) is 0 Å². The summed E-state index contributed by atoms with van der Waals surface area (Å²) in [5, 5.41) is 6.62. The van der Waals surface area contributed by atoms with Crippen molar-refractivity contribution in [2.75, 3.05) is 12.3 Å². The molecule has 0 aromatic carbocycles. The van der Waals surface area contributed by atoms with Crippen molar-refractivity contribution in [1.82, 2.24) is 10.4 Å². The second kappa shape index (κ2) is 6.58. The quantitative estimate of drug-likeness (QED) is 0.550. The van der Waals surface area contributed by atoms with Gasteiger partial charge in [-0.15, -0.1) is 0 Å². The van der Waals surface area contributed by atoms with Crippen LogP contribution in [0.4, 0.5) is 0 Å². The van der Waals surface area contributed by atoms with Crippen LogP contribution in [0, 0.1) is 5.92 Å². The Hall–Kier alpha value is -1.54. The highest BCUT2D eigenvalue weighted by molar-refractivity contribution is 7.85. The van der Waals surface area contributed by atoms with Gasteiger partial charge in [0.25, 0.3) is 5.91 Å². The van der Waals surface area contributed by atoms with E-state index in [1.54, 1.807) is 0 Å². The second-order valence-electron chi connectivity index (χ2n) is 4.54. The Kier molecular flexibility index (Phi) is 5.37. The molecule has 19 heavy (non-hydrogen) atoms. The van der Waals surface area contributed by atoms with E-state index >= 15 is 0 Å². The molecule has 0 bridgehead atoms. The molecule has 0 radical (unpaired) electrons. The van der Waals surface area contributed by atoms with E-state index in [0.717, 1.165) is 0 Å². The molecule has 1 amide bonds. The molecule has 8 heteroatoms. The summed E-state index contributed by atoms with van der Waals surface area (Å²) < 4.78 is 32.7. The fourth-order valence-corrected chi connectivity index (χ4v) is 1.67. The van der Waals surface area contributed by atoms with Crippen LogP contribution in [-0.2, 0) is 16.7 Å². The van der Waals surface area contributed by atoms with Crippen molar-refractivity contribution < 1.29 is 22.4 Å². The van der Waals surface area contributed by atoms with Gasteiger partial charge in [-0.2, -0.15) is 0 Å². The molecule has 0 unspecified atom stereocenters. The number of nitrogens with one attached hydrogen (secondary N) is 1. The maximum atomic E-state index is 11.7. The van der Waals surface area contributed by atoms with Crippen molar-refractivity contribution in [1.29, 1.82) is 0 Å². The zero-order chi connectivity index (χ0) is 14.5. The first-order valence-corrected chi connectivity index (χ1v) is 7.43. The van der Waals surface area contributed by atoms with E-state index < -0.39 is 15.9 Å². The van der Waals surface area contributed by atoms with Crippen LogP contribution in [0.15, 0.2) is 18.5 Å². The van der Waals surface area contributed by atoms with Crippen molar-refractivity contribution in [3.63, 3.8) is 0 Å². The van der Waals surface area contributed by atoms with Gasteiger partial charge < -0.3 is 9.87 Å². The summed E-state index contributed by atoms with van der Waals surface area (Å²) in [4.78, 5) is 11.7. The smallest absolute Gasteiger partial charge is 0.253 e. The van der Waals surface area contributed by atoms with Gasteiger partial charge in [0.2, 0.25) is 0 Å². The number of amides is 1. The molecular weight excluding hydrogens is 270 g/mol. The van der Waals surface area contributed by atoms with E-state index in [0.29, 0.717) is 18.0 Å². The van der Waals surface area contributed by atoms with Crippen LogP contribution in [0.25, 0.3) is 0 Å². The summed E-state index contributed by atoms with van der Waals surface area (Å²) in [6, 6.07) is 1.53. The summed E-state index contributed by atoms with van der Waals surface area (Å²) in [6.45, 7) is 4.52. The van der Waals surface area contributed by atoms with Crippen LogP contribution in [0.5, 0.6) is 0 Å². The number of nitrogens with zero attached hydrogens (tertiary/aromatic N) is 2. The van der Waals surface area contributed by atoms with Crippen LogP contribution in [0.1, 0.15) is 24.2 Å². The third-order valence-electron chi connectivity index (χ3n) is 2.27. The Morgan fingerprint density at radius 1 is 1.53 bits per heavy atom. The lowest BCUT2D eigenvalue weighted by atomic mass is 10.2. The maximum Gasteiger partial charge on any atom is 0.253 e.